The largest absolute Gasteiger partial charge is 0.388 e. The van der Waals surface area contributed by atoms with Crippen LogP contribution in [0.25, 0.3) is 0 Å². The topological polar surface area (TPSA) is 90.2 Å². The highest BCUT2D eigenvalue weighted by Crippen LogP contribution is 2.26. The average Bonchev–Trinajstić information content (AvgIpc) is 2.09. The van der Waals surface area contributed by atoms with E-state index in [1.165, 1.54) is 0 Å². The molecule has 1 aliphatic heterocycles. The molecule has 0 aromatic carbocycles. The van der Waals surface area contributed by atoms with E-state index in [4.69, 9.17) is 9.84 Å². The summed E-state index contributed by atoms with van der Waals surface area (Å²) in [5.74, 6) is -1.72. The van der Waals surface area contributed by atoms with Gasteiger partial charge >= 0.3 is 0 Å². The maximum absolute atomic E-state index is 9.49. The number of hydrogen-bond acceptors (Lipinski definition) is 5. The molecule has 0 bridgehead atoms. The van der Waals surface area contributed by atoms with Gasteiger partial charge in [-0.1, -0.05) is 6.92 Å². The van der Waals surface area contributed by atoms with E-state index in [0.29, 0.717) is 0 Å². The molecular formula is C7H14O5. The van der Waals surface area contributed by atoms with E-state index in [-0.39, 0.29) is 13.0 Å². The predicted octanol–water partition coefficient (Wildman–Crippen LogP) is -1.80. The molecule has 12 heavy (non-hydrogen) atoms. The first-order chi connectivity index (χ1) is 5.51. The summed E-state index contributed by atoms with van der Waals surface area (Å²) >= 11 is 0. The predicted molar refractivity (Wildman–Crippen MR) is 39.2 cm³/mol. The van der Waals surface area contributed by atoms with E-state index in [1.54, 1.807) is 6.92 Å². The molecule has 1 fully saturated rings. The zero-order valence-corrected chi connectivity index (χ0v) is 6.84. The molecule has 0 spiro atoms. The summed E-state index contributed by atoms with van der Waals surface area (Å²) in [7, 11) is 0. The molecule has 0 aliphatic carbocycles. The van der Waals surface area contributed by atoms with Crippen molar-refractivity contribution >= 4 is 0 Å². The fraction of sp³-hybridized carbons (Fsp3) is 1.00. The summed E-state index contributed by atoms with van der Waals surface area (Å²) < 4.78 is 4.81. The zero-order chi connectivity index (χ0) is 9.35. The number of aliphatic hydroxyl groups is 4. The molecule has 0 amide bonds. The third kappa shape index (κ3) is 1.46. The fourth-order valence-electron chi connectivity index (χ4n) is 1.20. The first-order valence-corrected chi connectivity index (χ1v) is 3.92. The van der Waals surface area contributed by atoms with Crippen molar-refractivity contribution in [2.24, 2.45) is 0 Å². The third-order valence-electron chi connectivity index (χ3n) is 2.19. The van der Waals surface area contributed by atoms with Gasteiger partial charge in [-0.2, -0.15) is 0 Å². The quantitative estimate of drug-likeness (QED) is 0.380. The Morgan fingerprint density at radius 1 is 1.42 bits per heavy atom. The average molecular weight is 178 g/mol. The van der Waals surface area contributed by atoms with Crippen molar-refractivity contribution in [3.63, 3.8) is 0 Å². The molecule has 0 unspecified atom stereocenters. The number of aliphatic hydroxyl groups excluding tert-OH is 3. The number of rotatable bonds is 1. The van der Waals surface area contributed by atoms with Crippen molar-refractivity contribution < 1.29 is 25.2 Å². The van der Waals surface area contributed by atoms with Crippen LogP contribution in [-0.4, -0.2) is 51.1 Å². The van der Waals surface area contributed by atoms with Crippen LogP contribution in [0.1, 0.15) is 13.3 Å². The third-order valence-corrected chi connectivity index (χ3v) is 2.19. The zero-order valence-electron chi connectivity index (χ0n) is 6.84. The molecule has 1 rings (SSSR count). The lowest BCUT2D eigenvalue weighted by atomic mass is 9.95. The molecule has 0 aromatic heterocycles. The van der Waals surface area contributed by atoms with E-state index in [1.807, 2.05) is 0 Å². The minimum absolute atomic E-state index is 0.164. The van der Waals surface area contributed by atoms with Crippen molar-refractivity contribution in [3.8, 4) is 0 Å². The highest BCUT2D eigenvalue weighted by atomic mass is 16.6. The van der Waals surface area contributed by atoms with Crippen LogP contribution in [0.4, 0.5) is 0 Å². The first-order valence-electron chi connectivity index (χ1n) is 3.92. The van der Waals surface area contributed by atoms with Gasteiger partial charge in [0.2, 0.25) is 0 Å². The van der Waals surface area contributed by atoms with Gasteiger partial charge in [-0.3, -0.25) is 0 Å². The second-order valence-electron chi connectivity index (χ2n) is 3.01. The summed E-state index contributed by atoms with van der Waals surface area (Å²) in [5, 5.41) is 37.0. The van der Waals surface area contributed by atoms with Crippen LogP contribution < -0.4 is 0 Å². The Hall–Kier alpha value is -0.200. The summed E-state index contributed by atoms with van der Waals surface area (Å²) in [4.78, 5) is 0. The van der Waals surface area contributed by atoms with Crippen molar-refractivity contribution in [2.45, 2.75) is 37.4 Å². The SMILES string of the molecule is CC[C@]1(O)OC[C@@H](O)[C@@H](O)[C@@H]1O. The second-order valence-corrected chi connectivity index (χ2v) is 3.01. The smallest absolute Gasteiger partial charge is 0.194 e. The van der Waals surface area contributed by atoms with Crippen molar-refractivity contribution in [1.29, 1.82) is 0 Å². The maximum Gasteiger partial charge on any atom is 0.194 e. The number of hydrogen-bond donors (Lipinski definition) is 4. The molecule has 5 nitrogen and oxygen atoms in total. The Labute approximate surface area is 70.2 Å². The van der Waals surface area contributed by atoms with Gasteiger partial charge in [0.25, 0.3) is 0 Å². The second kappa shape index (κ2) is 3.27. The summed E-state index contributed by atoms with van der Waals surface area (Å²) in [6.07, 6.45) is -3.76. The molecule has 0 radical (unpaired) electrons. The minimum Gasteiger partial charge on any atom is -0.388 e. The summed E-state index contributed by atoms with van der Waals surface area (Å²) in [6.45, 7) is 1.45. The summed E-state index contributed by atoms with van der Waals surface area (Å²) in [5.41, 5.74) is 0. The van der Waals surface area contributed by atoms with Crippen LogP contribution in [-0.2, 0) is 4.74 Å². The van der Waals surface area contributed by atoms with E-state index in [2.05, 4.69) is 0 Å². The molecule has 0 aromatic rings. The molecule has 0 saturated carbocycles. The van der Waals surface area contributed by atoms with Gasteiger partial charge in [-0.15, -0.1) is 0 Å². The summed E-state index contributed by atoms with van der Waals surface area (Å²) in [6, 6.07) is 0. The lowest BCUT2D eigenvalue weighted by Crippen LogP contribution is -2.60. The van der Waals surface area contributed by atoms with Crippen LogP contribution >= 0.6 is 0 Å². The minimum atomic E-state index is -1.72. The molecule has 5 heteroatoms. The Morgan fingerprint density at radius 3 is 2.50 bits per heavy atom. The molecule has 1 heterocycles. The highest BCUT2D eigenvalue weighted by Gasteiger charge is 2.46. The van der Waals surface area contributed by atoms with Crippen molar-refractivity contribution in [1.82, 2.24) is 0 Å². The van der Waals surface area contributed by atoms with Crippen molar-refractivity contribution in [3.05, 3.63) is 0 Å². The lowest BCUT2D eigenvalue weighted by Gasteiger charge is -2.41. The molecule has 1 saturated heterocycles. The Kier molecular flexibility index (Phi) is 2.70. The van der Waals surface area contributed by atoms with Gasteiger partial charge in [0.05, 0.1) is 6.61 Å². The van der Waals surface area contributed by atoms with Gasteiger partial charge in [0.15, 0.2) is 5.79 Å². The van der Waals surface area contributed by atoms with Crippen LogP contribution in [0.3, 0.4) is 0 Å². The first kappa shape index (κ1) is 9.88. The maximum atomic E-state index is 9.49. The molecule has 1 aliphatic rings. The Bertz CT molecular complexity index is 162. The monoisotopic (exact) mass is 178 g/mol. The molecule has 4 atom stereocenters. The van der Waals surface area contributed by atoms with Crippen LogP contribution in [0.15, 0.2) is 0 Å². The van der Waals surface area contributed by atoms with Gasteiger partial charge < -0.3 is 25.2 Å². The lowest BCUT2D eigenvalue weighted by molar-refractivity contribution is -0.321. The van der Waals surface area contributed by atoms with Gasteiger partial charge in [0.1, 0.15) is 18.3 Å². The van der Waals surface area contributed by atoms with Gasteiger partial charge in [-0.05, 0) is 0 Å². The van der Waals surface area contributed by atoms with Crippen molar-refractivity contribution in [2.75, 3.05) is 6.61 Å². The van der Waals surface area contributed by atoms with Gasteiger partial charge in [0, 0.05) is 6.42 Å². The fourth-order valence-corrected chi connectivity index (χ4v) is 1.20. The Balaban J connectivity index is 2.71. The van der Waals surface area contributed by atoms with Crippen LogP contribution in [0.5, 0.6) is 0 Å². The van der Waals surface area contributed by atoms with E-state index < -0.39 is 24.1 Å². The number of ether oxygens (including phenoxy) is 1. The van der Waals surface area contributed by atoms with Crippen LogP contribution in [0.2, 0.25) is 0 Å². The standard InChI is InChI=1S/C7H14O5/c1-2-7(11)6(10)5(9)4(8)3-12-7/h4-6,8-11H,2-3H2,1H3/t4-,5-,6+,7+/m1/s1. The Morgan fingerprint density at radius 2 is 2.00 bits per heavy atom. The van der Waals surface area contributed by atoms with E-state index >= 15 is 0 Å². The molecule has 4 N–H and O–H groups in total. The van der Waals surface area contributed by atoms with Crippen LogP contribution in [0, 0.1) is 0 Å². The molecule has 72 valence electrons. The van der Waals surface area contributed by atoms with E-state index in [9.17, 15) is 15.3 Å². The van der Waals surface area contributed by atoms with Gasteiger partial charge in [-0.25, -0.2) is 0 Å². The normalized spacial score (nSPS) is 49.2. The van der Waals surface area contributed by atoms with E-state index in [0.717, 1.165) is 0 Å². The molecular weight excluding hydrogens is 164 g/mol. The highest BCUT2D eigenvalue weighted by molar-refractivity contribution is 4.90.